The van der Waals surface area contributed by atoms with Crippen LogP contribution < -0.4 is 5.73 Å². The van der Waals surface area contributed by atoms with Crippen LogP contribution in [0.25, 0.3) is 0 Å². The minimum absolute atomic E-state index is 0.0208. The van der Waals surface area contributed by atoms with E-state index in [0.717, 1.165) is 5.56 Å². The van der Waals surface area contributed by atoms with Crippen molar-refractivity contribution in [3.8, 4) is 6.07 Å². The Bertz CT molecular complexity index is 943. The Balaban J connectivity index is 1.44. The number of carbonyl (C=O) groups is 2. The number of amides is 2. The van der Waals surface area contributed by atoms with Gasteiger partial charge in [-0.1, -0.05) is 19.1 Å². The van der Waals surface area contributed by atoms with Crippen LogP contribution in [-0.2, 0) is 15.1 Å². The van der Waals surface area contributed by atoms with Crippen LogP contribution in [0.15, 0.2) is 24.3 Å². The second-order valence-corrected chi connectivity index (χ2v) is 10.1. The summed E-state index contributed by atoms with van der Waals surface area (Å²) < 4.78 is 13.4. The SMILES string of the molecule is CC1[C@@H](C)C[C@@H](C#N)N1C(=O)C(N)CN1CC2CC1C(=O)N2C(C)(C)c1ccc(F)cc1. The number of benzene rings is 1. The lowest BCUT2D eigenvalue weighted by Gasteiger charge is -2.44. The molecule has 3 aliphatic heterocycles. The van der Waals surface area contributed by atoms with Gasteiger partial charge in [-0.15, -0.1) is 0 Å². The number of hydrogen-bond donors (Lipinski definition) is 1. The number of rotatable bonds is 5. The molecule has 2 bridgehead atoms. The number of hydrogen-bond acceptors (Lipinski definition) is 5. The third kappa shape index (κ3) is 3.57. The summed E-state index contributed by atoms with van der Waals surface area (Å²) in [5.74, 6) is -0.244. The lowest BCUT2D eigenvalue weighted by molar-refractivity contribution is -0.144. The Kier molecular flexibility index (Phi) is 5.76. The molecule has 0 radical (unpaired) electrons. The maximum absolute atomic E-state index is 13.4. The van der Waals surface area contributed by atoms with Gasteiger partial charge in [0.2, 0.25) is 11.8 Å². The first-order valence-corrected chi connectivity index (χ1v) is 11.4. The van der Waals surface area contributed by atoms with Crippen LogP contribution in [0.5, 0.6) is 0 Å². The molecule has 1 aromatic carbocycles. The lowest BCUT2D eigenvalue weighted by Crippen LogP contribution is -2.60. The predicted octanol–water partition coefficient (Wildman–Crippen LogP) is 1.82. The number of halogens is 1. The molecule has 0 aromatic heterocycles. The lowest BCUT2D eigenvalue weighted by atomic mass is 9.91. The van der Waals surface area contributed by atoms with Crippen LogP contribution in [0.4, 0.5) is 4.39 Å². The quantitative estimate of drug-likeness (QED) is 0.752. The molecule has 1 aromatic rings. The van der Waals surface area contributed by atoms with Gasteiger partial charge in [-0.3, -0.25) is 14.5 Å². The number of carbonyl (C=O) groups excluding carboxylic acids is 2. The van der Waals surface area contributed by atoms with Gasteiger partial charge in [0.05, 0.1) is 23.7 Å². The fraction of sp³-hybridized carbons (Fsp3) is 0.625. The highest BCUT2D eigenvalue weighted by Crippen LogP contribution is 2.41. The largest absolute Gasteiger partial charge is 0.328 e. The van der Waals surface area contributed by atoms with Crippen molar-refractivity contribution in [1.82, 2.24) is 14.7 Å². The molecule has 0 aliphatic carbocycles. The van der Waals surface area contributed by atoms with E-state index < -0.39 is 17.6 Å². The van der Waals surface area contributed by atoms with Crippen molar-refractivity contribution < 1.29 is 14.0 Å². The van der Waals surface area contributed by atoms with Crippen LogP contribution in [0.2, 0.25) is 0 Å². The summed E-state index contributed by atoms with van der Waals surface area (Å²) in [5.41, 5.74) is 6.63. The Hall–Kier alpha value is -2.50. The molecule has 8 heteroatoms. The molecule has 7 nitrogen and oxygen atoms in total. The summed E-state index contributed by atoms with van der Waals surface area (Å²) in [4.78, 5) is 31.9. The number of fused-ring (bicyclic) bond motifs is 2. The normalized spacial score (nSPS) is 31.3. The molecule has 6 atom stereocenters. The number of likely N-dealkylation sites (tertiary alicyclic amines) is 3. The van der Waals surface area contributed by atoms with Crippen LogP contribution in [0.3, 0.4) is 0 Å². The van der Waals surface area contributed by atoms with E-state index in [1.807, 2.05) is 37.5 Å². The minimum atomic E-state index is -0.774. The molecule has 0 saturated carbocycles. The van der Waals surface area contributed by atoms with Gasteiger partial charge in [0.15, 0.2) is 0 Å². The molecular weight excluding hydrogens is 409 g/mol. The number of piperazine rings is 1. The Morgan fingerprint density at radius 1 is 1.28 bits per heavy atom. The summed E-state index contributed by atoms with van der Waals surface area (Å²) in [6.07, 6.45) is 1.36. The molecular formula is C24H32FN5O2. The molecule has 4 unspecified atom stereocenters. The Morgan fingerprint density at radius 2 is 1.94 bits per heavy atom. The van der Waals surface area contributed by atoms with E-state index in [1.54, 1.807) is 17.0 Å². The molecule has 172 valence electrons. The molecule has 3 aliphatic rings. The number of nitrogens with zero attached hydrogens (tertiary/aromatic N) is 4. The first kappa shape index (κ1) is 22.7. The van der Waals surface area contributed by atoms with Crippen LogP contribution in [-0.4, -0.2) is 69.8 Å². The van der Waals surface area contributed by atoms with E-state index in [9.17, 15) is 19.2 Å². The second kappa shape index (κ2) is 8.13. The van der Waals surface area contributed by atoms with E-state index in [-0.39, 0.29) is 41.7 Å². The maximum Gasteiger partial charge on any atom is 0.242 e. The zero-order chi connectivity index (χ0) is 23.4. The topological polar surface area (TPSA) is 93.7 Å². The highest BCUT2D eigenvalue weighted by Gasteiger charge is 2.54. The molecule has 4 rings (SSSR count). The van der Waals surface area contributed by atoms with Crippen molar-refractivity contribution in [3.05, 3.63) is 35.6 Å². The van der Waals surface area contributed by atoms with Crippen LogP contribution in [0.1, 0.15) is 46.1 Å². The average Bonchev–Trinajstić information content (AvgIpc) is 3.38. The molecule has 2 amide bonds. The zero-order valence-electron chi connectivity index (χ0n) is 19.2. The third-order valence-corrected chi connectivity index (χ3v) is 7.77. The molecule has 32 heavy (non-hydrogen) atoms. The van der Waals surface area contributed by atoms with E-state index >= 15 is 0 Å². The summed E-state index contributed by atoms with van der Waals surface area (Å²) in [6, 6.07) is 6.99. The smallest absolute Gasteiger partial charge is 0.242 e. The molecule has 3 heterocycles. The summed E-state index contributed by atoms with van der Waals surface area (Å²) in [7, 11) is 0. The van der Waals surface area contributed by atoms with Gasteiger partial charge >= 0.3 is 0 Å². The molecule has 2 N–H and O–H groups in total. The van der Waals surface area contributed by atoms with E-state index in [2.05, 4.69) is 6.07 Å². The first-order chi connectivity index (χ1) is 15.1. The summed E-state index contributed by atoms with van der Waals surface area (Å²) >= 11 is 0. The van der Waals surface area contributed by atoms with Crippen LogP contribution in [0, 0.1) is 23.1 Å². The van der Waals surface area contributed by atoms with Crippen molar-refractivity contribution in [2.24, 2.45) is 11.7 Å². The average molecular weight is 442 g/mol. The highest BCUT2D eigenvalue weighted by atomic mass is 19.1. The van der Waals surface area contributed by atoms with Gasteiger partial charge in [-0.25, -0.2) is 4.39 Å². The van der Waals surface area contributed by atoms with Crippen molar-refractivity contribution in [2.75, 3.05) is 13.1 Å². The van der Waals surface area contributed by atoms with Crippen molar-refractivity contribution >= 4 is 11.8 Å². The standard InChI is InChI=1S/C24H32FN5O2/c1-14-9-18(11-26)29(15(14)2)22(31)20(27)13-28-12-19-10-21(28)23(32)30(19)24(3,4)16-5-7-17(25)8-6-16/h5-8,14-15,18-21H,9-10,12-13,27H2,1-4H3/t14-,15?,18-,19?,20?,21?/m0/s1. The van der Waals surface area contributed by atoms with E-state index in [1.165, 1.54) is 12.1 Å². The van der Waals surface area contributed by atoms with E-state index in [4.69, 9.17) is 5.73 Å². The number of nitriles is 1. The van der Waals surface area contributed by atoms with Crippen molar-refractivity contribution in [3.63, 3.8) is 0 Å². The van der Waals surface area contributed by atoms with Gasteiger partial charge in [0.1, 0.15) is 11.9 Å². The summed E-state index contributed by atoms with van der Waals surface area (Å²) in [6.45, 7) is 8.92. The van der Waals surface area contributed by atoms with Crippen LogP contribution >= 0.6 is 0 Å². The first-order valence-electron chi connectivity index (χ1n) is 11.4. The molecule has 3 saturated heterocycles. The fourth-order valence-electron chi connectivity index (χ4n) is 5.81. The van der Waals surface area contributed by atoms with Gasteiger partial charge in [0, 0.05) is 25.2 Å². The Morgan fingerprint density at radius 3 is 2.53 bits per heavy atom. The molecule has 0 spiro atoms. The van der Waals surface area contributed by atoms with Gasteiger partial charge < -0.3 is 15.5 Å². The van der Waals surface area contributed by atoms with Gasteiger partial charge in [-0.2, -0.15) is 5.26 Å². The zero-order valence-corrected chi connectivity index (χ0v) is 19.2. The van der Waals surface area contributed by atoms with E-state index in [0.29, 0.717) is 25.9 Å². The number of nitrogens with two attached hydrogens (primary N) is 1. The van der Waals surface area contributed by atoms with Gasteiger partial charge in [0.25, 0.3) is 0 Å². The molecule has 3 fully saturated rings. The Labute approximate surface area is 188 Å². The minimum Gasteiger partial charge on any atom is -0.328 e. The second-order valence-electron chi connectivity index (χ2n) is 10.1. The van der Waals surface area contributed by atoms with Gasteiger partial charge in [-0.05, 0) is 57.2 Å². The fourth-order valence-corrected chi connectivity index (χ4v) is 5.81. The maximum atomic E-state index is 13.4. The summed E-state index contributed by atoms with van der Waals surface area (Å²) in [5, 5.41) is 9.46. The van der Waals surface area contributed by atoms with Crippen molar-refractivity contribution in [1.29, 1.82) is 5.26 Å². The van der Waals surface area contributed by atoms with Crippen molar-refractivity contribution in [2.45, 2.75) is 76.3 Å². The highest BCUT2D eigenvalue weighted by molar-refractivity contribution is 5.87. The predicted molar refractivity (Wildman–Crippen MR) is 118 cm³/mol. The monoisotopic (exact) mass is 441 g/mol. The third-order valence-electron chi connectivity index (χ3n) is 7.77.